The first kappa shape index (κ1) is 29.2. The van der Waals surface area contributed by atoms with Crippen molar-refractivity contribution in [3.05, 3.63) is 16.7 Å². The molecule has 0 saturated carbocycles. The molecule has 3 rings (SSSR count). The Morgan fingerprint density at radius 3 is 2.39 bits per heavy atom. The number of nitrogen functional groups attached to an aromatic ring is 1. The molecule has 1 aliphatic rings. The van der Waals surface area contributed by atoms with Crippen LogP contribution in [-0.2, 0) is 13.8 Å². The summed E-state index contributed by atoms with van der Waals surface area (Å²) >= 11 is 0. The van der Waals surface area contributed by atoms with Crippen LogP contribution in [0.5, 0.6) is 0 Å². The molecule has 2 aromatic rings. The van der Waals surface area contributed by atoms with Crippen LogP contribution in [0.4, 0.5) is 10.3 Å². The molecule has 1 saturated heterocycles. The Morgan fingerprint density at radius 1 is 1.32 bits per heavy atom. The summed E-state index contributed by atoms with van der Waals surface area (Å²) in [7, 11) is -3.75. The number of fused-ring (bicyclic) bond motifs is 1. The Morgan fingerprint density at radius 2 is 1.87 bits per heavy atom. The van der Waals surface area contributed by atoms with Gasteiger partial charge in [-0.1, -0.05) is 48.5 Å². The number of nitrogens with one attached hydrogen (secondary N) is 1. The molecule has 0 aromatic carbocycles. The number of hydrogen-bond donors (Lipinski definition) is 3. The van der Waals surface area contributed by atoms with Crippen molar-refractivity contribution >= 4 is 24.7 Å². The summed E-state index contributed by atoms with van der Waals surface area (Å²) in [5, 5.41) is 0. The molecule has 12 heteroatoms. The largest absolute Gasteiger partial charge is 0.369 e. The van der Waals surface area contributed by atoms with Crippen molar-refractivity contribution in [2.24, 2.45) is 5.92 Å². The molecule has 0 spiro atoms. The minimum Gasteiger partial charge on any atom is -0.369 e. The number of alkyl halides is 1. The van der Waals surface area contributed by atoms with E-state index in [1.807, 2.05) is 41.5 Å². The number of nitrogens with zero attached hydrogens (tertiary/aromatic N) is 3. The fourth-order valence-electron chi connectivity index (χ4n) is 3.06. The summed E-state index contributed by atoms with van der Waals surface area (Å²) in [5.74, 6) is -0.746. The number of ether oxygens (including phenoxy) is 1. The van der Waals surface area contributed by atoms with E-state index in [1.165, 1.54) is 17.8 Å². The summed E-state index contributed by atoms with van der Waals surface area (Å²) < 4.78 is 38.3. The quantitative estimate of drug-likeness (QED) is 0.577. The summed E-state index contributed by atoms with van der Waals surface area (Å²) in [6.45, 7) is 16.2. The van der Waals surface area contributed by atoms with Crippen LogP contribution in [-0.4, -0.2) is 49.5 Å². The highest BCUT2D eigenvalue weighted by Crippen LogP contribution is 2.44. The molecule has 1 fully saturated rings. The van der Waals surface area contributed by atoms with Crippen LogP contribution in [0.1, 0.15) is 61.6 Å². The molecule has 180 valence electrons. The van der Waals surface area contributed by atoms with Crippen molar-refractivity contribution in [3.8, 4) is 0 Å². The fraction of sp³-hybridized carbons (Fsp3) is 0.737. The zero-order chi connectivity index (χ0) is 24.5. The van der Waals surface area contributed by atoms with Crippen molar-refractivity contribution in [2.45, 2.75) is 80.0 Å². The van der Waals surface area contributed by atoms with Gasteiger partial charge in [0.25, 0.3) is 5.56 Å². The van der Waals surface area contributed by atoms with Gasteiger partial charge in [0.05, 0.1) is 18.5 Å². The van der Waals surface area contributed by atoms with Crippen molar-refractivity contribution in [1.29, 1.82) is 0 Å². The molecule has 1 aliphatic heterocycles. The molecule has 0 bridgehead atoms. The van der Waals surface area contributed by atoms with Gasteiger partial charge in [-0.05, 0) is 6.92 Å². The second-order valence-electron chi connectivity index (χ2n) is 6.18. The van der Waals surface area contributed by atoms with Gasteiger partial charge in [-0.3, -0.25) is 18.9 Å². The van der Waals surface area contributed by atoms with Gasteiger partial charge in [-0.2, -0.15) is 4.98 Å². The normalized spacial score (nSPS) is 25.1. The zero-order valence-electron chi connectivity index (χ0n) is 19.8. The number of halogens is 1. The van der Waals surface area contributed by atoms with E-state index in [0.29, 0.717) is 0 Å². The molecule has 0 radical (unpaired) electrons. The second kappa shape index (κ2) is 12.9. The smallest absolute Gasteiger partial charge is 0.325 e. The summed E-state index contributed by atoms with van der Waals surface area (Å²) in [4.78, 5) is 31.4. The number of rotatable bonds is 4. The molecule has 0 amide bonds. The van der Waals surface area contributed by atoms with Gasteiger partial charge < -0.3 is 19.9 Å². The maximum atomic E-state index is 14.8. The molecule has 0 aliphatic carbocycles. The Bertz CT molecular complexity index is 899. The number of anilines is 1. The Hall–Kier alpha value is -1.81. The lowest BCUT2D eigenvalue weighted by atomic mass is 9.98. The van der Waals surface area contributed by atoms with Gasteiger partial charge in [0.1, 0.15) is 0 Å². The molecule has 4 N–H and O–H groups in total. The Labute approximate surface area is 182 Å². The Kier molecular flexibility index (Phi) is 12.1. The van der Waals surface area contributed by atoms with Crippen molar-refractivity contribution < 1.29 is 23.1 Å². The Balaban J connectivity index is 0.00000138. The number of imidazole rings is 1. The first-order chi connectivity index (χ1) is 14.6. The van der Waals surface area contributed by atoms with E-state index in [4.69, 9.17) is 15.0 Å². The lowest BCUT2D eigenvalue weighted by Gasteiger charge is -2.23. The third-order valence-corrected chi connectivity index (χ3v) is 4.86. The van der Waals surface area contributed by atoms with Gasteiger partial charge >= 0.3 is 7.60 Å². The van der Waals surface area contributed by atoms with Crippen LogP contribution in [0.3, 0.4) is 0 Å². The van der Waals surface area contributed by atoms with Gasteiger partial charge in [0.15, 0.2) is 23.6 Å². The predicted octanol–water partition coefficient (Wildman–Crippen LogP) is 3.87. The lowest BCUT2D eigenvalue weighted by Crippen LogP contribution is -2.30. The molecular weight excluding hydrogens is 428 g/mol. The number of H-pyrrole nitrogens is 1. The average Bonchev–Trinajstić information content (AvgIpc) is 3.27. The van der Waals surface area contributed by atoms with E-state index in [2.05, 4.69) is 15.0 Å². The highest BCUT2D eigenvalue weighted by molar-refractivity contribution is 7.51. The SMILES string of the molecule is CC.CC.CC.CC(OP(C)(=O)O)C1OC(n2cnc3c(=O)[nH]c(N)nc32)C(F)C1C. The van der Waals surface area contributed by atoms with Crippen LogP contribution in [0.25, 0.3) is 11.2 Å². The molecule has 3 heterocycles. The van der Waals surface area contributed by atoms with Crippen LogP contribution in [0, 0.1) is 5.92 Å². The van der Waals surface area contributed by atoms with E-state index in [1.54, 1.807) is 6.92 Å². The van der Waals surface area contributed by atoms with Crippen LogP contribution < -0.4 is 11.3 Å². The maximum Gasteiger partial charge on any atom is 0.325 e. The van der Waals surface area contributed by atoms with Crippen LogP contribution >= 0.6 is 7.60 Å². The zero-order valence-corrected chi connectivity index (χ0v) is 20.7. The second-order valence-corrected chi connectivity index (χ2v) is 8.00. The van der Waals surface area contributed by atoms with E-state index in [-0.39, 0.29) is 17.1 Å². The van der Waals surface area contributed by atoms with Gasteiger partial charge in [0.2, 0.25) is 5.95 Å². The number of aromatic amines is 1. The number of aromatic nitrogens is 4. The van der Waals surface area contributed by atoms with E-state index in [9.17, 15) is 18.6 Å². The minimum absolute atomic E-state index is 0.0128. The first-order valence-corrected chi connectivity index (χ1v) is 12.6. The first-order valence-electron chi connectivity index (χ1n) is 10.6. The van der Waals surface area contributed by atoms with Crippen molar-refractivity contribution in [3.63, 3.8) is 0 Å². The fourth-order valence-corrected chi connectivity index (χ4v) is 3.79. The third kappa shape index (κ3) is 7.10. The molecule has 6 unspecified atom stereocenters. The molecular formula is C19H37FN5O5P. The third-order valence-electron chi connectivity index (χ3n) is 4.14. The topological polar surface area (TPSA) is 145 Å². The molecule has 31 heavy (non-hydrogen) atoms. The number of hydrogen-bond acceptors (Lipinski definition) is 7. The van der Waals surface area contributed by atoms with Crippen molar-refractivity contribution in [2.75, 3.05) is 12.4 Å². The minimum atomic E-state index is -3.75. The molecule has 2 aromatic heterocycles. The van der Waals surface area contributed by atoms with Gasteiger partial charge in [-0.25, -0.2) is 9.37 Å². The molecule has 6 atom stereocenters. The molecule has 10 nitrogen and oxygen atoms in total. The summed E-state index contributed by atoms with van der Waals surface area (Å²) in [6, 6.07) is 0. The average molecular weight is 466 g/mol. The predicted molar refractivity (Wildman–Crippen MR) is 121 cm³/mol. The van der Waals surface area contributed by atoms with Gasteiger partial charge in [-0.15, -0.1) is 0 Å². The van der Waals surface area contributed by atoms with Crippen LogP contribution in [0.15, 0.2) is 11.1 Å². The van der Waals surface area contributed by atoms with E-state index < -0.39 is 43.7 Å². The van der Waals surface area contributed by atoms with Crippen molar-refractivity contribution in [1.82, 2.24) is 19.5 Å². The van der Waals surface area contributed by atoms with E-state index in [0.717, 1.165) is 6.66 Å². The monoisotopic (exact) mass is 465 g/mol. The number of nitrogens with two attached hydrogens (primary N) is 1. The van der Waals surface area contributed by atoms with Gasteiger partial charge in [0, 0.05) is 12.6 Å². The lowest BCUT2D eigenvalue weighted by molar-refractivity contribution is -0.0598. The van der Waals surface area contributed by atoms with Crippen LogP contribution in [0.2, 0.25) is 0 Å². The standard InChI is InChI=1S/C13H19FN5O5P.3C2H6/c1-5-7(14)12(23-9(5)6(2)24-25(3,21)22)19-4-16-8-10(19)17-13(15)18-11(8)20;3*1-2/h4-7,9,12H,1-3H3,(H,21,22)(H3,15,17,18,20);3*1-2H3. The highest BCUT2D eigenvalue weighted by Gasteiger charge is 2.47. The maximum absolute atomic E-state index is 14.8. The summed E-state index contributed by atoms with van der Waals surface area (Å²) in [6.07, 6.45) is -2.90. The summed E-state index contributed by atoms with van der Waals surface area (Å²) in [5.41, 5.74) is 5.11. The highest BCUT2D eigenvalue weighted by atomic mass is 31.2. The van der Waals surface area contributed by atoms with E-state index >= 15 is 0 Å².